The summed E-state index contributed by atoms with van der Waals surface area (Å²) in [4.78, 5) is 35.2. The monoisotopic (exact) mass is 516 g/mol. The zero-order chi connectivity index (χ0) is 26.7. The van der Waals surface area contributed by atoms with Crippen LogP contribution in [0.4, 0.5) is 0 Å². The number of hydrogen-bond acceptors (Lipinski definition) is 10. The van der Waals surface area contributed by atoms with Crippen molar-refractivity contribution in [3.8, 4) is 0 Å². The van der Waals surface area contributed by atoms with Gasteiger partial charge in [-0.1, -0.05) is 44.8 Å². The summed E-state index contributed by atoms with van der Waals surface area (Å²) in [5.41, 5.74) is 0. The summed E-state index contributed by atoms with van der Waals surface area (Å²) < 4.78 is 15.2. The number of aliphatic hydroxyl groups is 4. The van der Waals surface area contributed by atoms with E-state index in [0.717, 1.165) is 38.5 Å². The fraction of sp³-hybridized carbons (Fsp3) is 0.800. The van der Waals surface area contributed by atoms with Gasteiger partial charge in [0.15, 0.2) is 12.4 Å². The predicted octanol–water partition coefficient (Wildman–Crippen LogP) is 0.701. The smallest absolute Gasteiger partial charge is 0.335 e. The zero-order valence-corrected chi connectivity index (χ0v) is 20.7. The van der Waals surface area contributed by atoms with E-state index in [2.05, 4.69) is 6.92 Å². The van der Waals surface area contributed by atoms with Gasteiger partial charge in [-0.2, -0.15) is 0 Å². The number of carboxylic acid groups (broad SMARTS) is 1. The van der Waals surface area contributed by atoms with Gasteiger partial charge in [0, 0.05) is 24.7 Å². The molecule has 1 saturated carbocycles. The van der Waals surface area contributed by atoms with Crippen molar-refractivity contribution >= 4 is 17.7 Å². The third kappa shape index (κ3) is 8.89. The molecule has 11 heteroatoms. The van der Waals surface area contributed by atoms with Crippen LogP contribution in [0.25, 0.3) is 0 Å². The van der Waals surface area contributed by atoms with E-state index in [-0.39, 0.29) is 43.7 Å². The van der Waals surface area contributed by atoms with Crippen molar-refractivity contribution in [2.45, 2.75) is 102 Å². The van der Waals surface area contributed by atoms with Crippen LogP contribution in [0.3, 0.4) is 0 Å². The molecule has 0 aromatic carbocycles. The average Bonchev–Trinajstić information content (AvgIpc) is 3.10. The fourth-order valence-electron chi connectivity index (χ4n) is 4.58. The third-order valence-electron chi connectivity index (χ3n) is 6.63. The molecule has 2 aliphatic rings. The molecule has 1 saturated heterocycles. The van der Waals surface area contributed by atoms with Crippen LogP contribution in [0.1, 0.15) is 64.7 Å². The van der Waals surface area contributed by atoms with Gasteiger partial charge in [-0.15, -0.1) is 0 Å². The lowest BCUT2D eigenvalue weighted by molar-refractivity contribution is -0.295. The van der Waals surface area contributed by atoms with Crippen molar-refractivity contribution in [3.63, 3.8) is 0 Å². The topological polar surface area (TPSA) is 180 Å². The minimum atomic E-state index is -1.80. The summed E-state index contributed by atoms with van der Waals surface area (Å²) >= 11 is 0. The molecule has 4 unspecified atom stereocenters. The van der Waals surface area contributed by atoms with E-state index in [4.69, 9.17) is 19.3 Å². The summed E-state index contributed by atoms with van der Waals surface area (Å²) in [6, 6.07) is 0. The van der Waals surface area contributed by atoms with Crippen LogP contribution in [0.2, 0.25) is 0 Å². The summed E-state index contributed by atoms with van der Waals surface area (Å²) in [6.07, 6.45) is 1.19. The van der Waals surface area contributed by atoms with E-state index in [0.29, 0.717) is 6.42 Å². The van der Waals surface area contributed by atoms with E-state index in [1.807, 2.05) is 12.2 Å². The van der Waals surface area contributed by atoms with Gasteiger partial charge in [-0.25, -0.2) is 4.79 Å². The van der Waals surface area contributed by atoms with Crippen LogP contribution >= 0.6 is 0 Å². The number of carboxylic acids is 1. The van der Waals surface area contributed by atoms with Crippen LogP contribution in [0.15, 0.2) is 12.2 Å². The average molecular weight is 517 g/mol. The molecule has 1 aliphatic carbocycles. The Kier molecular flexibility index (Phi) is 13.0. The number of aliphatic hydroxyl groups excluding tert-OH is 4. The van der Waals surface area contributed by atoms with Gasteiger partial charge in [-0.3, -0.25) is 9.59 Å². The summed E-state index contributed by atoms with van der Waals surface area (Å²) in [6.45, 7) is 1.73. The van der Waals surface area contributed by atoms with E-state index >= 15 is 0 Å². The van der Waals surface area contributed by atoms with Crippen molar-refractivity contribution in [3.05, 3.63) is 12.2 Å². The lowest BCUT2D eigenvalue weighted by Gasteiger charge is -2.38. The van der Waals surface area contributed by atoms with E-state index < -0.39 is 48.7 Å². The maximum atomic E-state index is 12.2. The number of Topliss-reactive ketones (excluding diaryl/α,β-unsaturated/α-hetero) is 1. The Morgan fingerprint density at radius 2 is 1.75 bits per heavy atom. The molecule has 0 aromatic heterocycles. The number of allylic oxidation sites excluding steroid dienone is 1. The minimum Gasteiger partial charge on any atom is -0.479 e. The first-order chi connectivity index (χ1) is 17.2. The normalized spacial score (nSPS) is 32.8. The molecule has 0 spiro atoms. The number of esters is 1. The molecule has 1 heterocycles. The van der Waals surface area contributed by atoms with E-state index in [1.54, 1.807) is 0 Å². The summed E-state index contributed by atoms with van der Waals surface area (Å²) in [7, 11) is 0. The molecule has 206 valence electrons. The molecule has 1 aliphatic heterocycles. The molecule has 2 rings (SSSR count). The Morgan fingerprint density at radius 1 is 1.03 bits per heavy atom. The van der Waals surface area contributed by atoms with Gasteiger partial charge in [0.2, 0.25) is 0 Å². The molecule has 0 amide bonds. The lowest BCUT2D eigenvalue weighted by atomic mass is 9.88. The second-order valence-electron chi connectivity index (χ2n) is 9.42. The number of rotatable bonds is 15. The quantitative estimate of drug-likeness (QED) is 0.117. The number of unbranched alkanes of at least 4 members (excludes halogenated alkanes) is 4. The first-order valence-corrected chi connectivity index (χ1v) is 12.7. The van der Waals surface area contributed by atoms with Crippen LogP contribution in [0, 0.1) is 11.8 Å². The van der Waals surface area contributed by atoms with Crippen LogP contribution in [-0.2, 0) is 28.6 Å². The fourth-order valence-corrected chi connectivity index (χ4v) is 4.58. The summed E-state index contributed by atoms with van der Waals surface area (Å²) in [5, 5.41) is 48.4. The molecular formula is C25H40O11. The second-order valence-corrected chi connectivity index (χ2v) is 9.42. The van der Waals surface area contributed by atoms with Gasteiger partial charge < -0.3 is 39.7 Å². The Labute approximate surface area is 211 Å². The SMILES string of the molecule is CCC/C=C/C1C(O)CC(=O)C1CCCCCCC(=O)OCCOC1O[C@H](C(=O)O)[C@@H](O)[C@H](O)[C@H]1O. The lowest BCUT2D eigenvalue weighted by Crippen LogP contribution is -2.60. The molecule has 2 fully saturated rings. The van der Waals surface area contributed by atoms with Gasteiger partial charge >= 0.3 is 11.9 Å². The number of ether oxygens (including phenoxy) is 3. The highest BCUT2D eigenvalue weighted by Gasteiger charge is 2.47. The standard InChI is InChI=1S/C25H40O11/c1-2-3-6-9-15-16(18(27)14-17(15)26)10-7-4-5-8-11-19(28)34-12-13-35-25-22(31)20(29)21(30)23(36-25)24(32)33/h6,9,15-17,20-23,25-26,29-31H,2-5,7-8,10-14H2,1H3,(H,32,33)/b9-6+/t15?,16?,17?,20-,21-,22+,23-,25?/m0/s1. The highest BCUT2D eigenvalue weighted by Crippen LogP contribution is 2.34. The molecule has 0 bridgehead atoms. The number of aliphatic carboxylic acids is 1. The van der Waals surface area contributed by atoms with Crippen molar-refractivity contribution in [2.75, 3.05) is 13.2 Å². The van der Waals surface area contributed by atoms with Crippen LogP contribution in [0.5, 0.6) is 0 Å². The van der Waals surface area contributed by atoms with Crippen LogP contribution in [-0.4, -0.2) is 93.3 Å². The second kappa shape index (κ2) is 15.4. The van der Waals surface area contributed by atoms with Crippen molar-refractivity contribution in [2.24, 2.45) is 11.8 Å². The largest absolute Gasteiger partial charge is 0.479 e. The van der Waals surface area contributed by atoms with Crippen molar-refractivity contribution in [1.82, 2.24) is 0 Å². The maximum Gasteiger partial charge on any atom is 0.335 e. The summed E-state index contributed by atoms with van der Waals surface area (Å²) in [5.74, 6) is -2.07. The van der Waals surface area contributed by atoms with Crippen molar-refractivity contribution in [1.29, 1.82) is 0 Å². The predicted molar refractivity (Wildman–Crippen MR) is 126 cm³/mol. The number of carbonyl (C=O) groups excluding carboxylic acids is 2. The highest BCUT2D eigenvalue weighted by atomic mass is 16.7. The first kappa shape index (κ1) is 30.3. The molecule has 0 radical (unpaired) electrons. The number of carbonyl (C=O) groups is 3. The van der Waals surface area contributed by atoms with E-state index in [1.165, 1.54) is 0 Å². The highest BCUT2D eigenvalue weighted by molar-refractivity contribution is 5.84. The molecule has 8 atom stereocenters. The maximum absolute atomic E-state index is 12.2. The molecule has 5 N–H and O–H groups in total. The Bertz CT molecular complexity index is 740. The first-order valence-electron chi connectivity index (χ1n) is 12.7. The van der Waals surface area contributed by atoms with Crippen LogP contribution < -0.4 is 0 Å². The Hall–Kier alpha value is -1.89. The zero-order valence-electron chi connectivity index (χ0n) is 20.7. The van der Waals surface area contributed by atoms with E-state index in [9.17, 15) is 34.8 Å². The minimum absolute atomic E-state index is 0.107. The van der Waals surface area contributed by atoms with Gasteiger partial charge in [0.05, 0.1) is 12.7 Å². The molecular weight excluding hydrogens is 476 g/mol. The van der Waals surface area contributed by atoms with Gasteiger partial charge in [0.25, 0.3) is 0 Å². The molecule has 11 nitrogen and oxygen atoms in total. The van der Waals surface area contributed by atoms with Crippen molar-refractivity contribution < 1.29 is 54.1 Å². The van der Waals surface area contributed by atoms with Gasteiger partial charge in [-0.05, 0) is 19.3 Å². The molecule has 0 aromatic rings. The Morgan fingerprint density at radius 3 is 2.44 bits per heavy atom. The van der Waals surface area contributed by atoms with Gasteiger partial charge in [0.1, 0.15) is 30.7 Å². The Balaban J connectivity index is 1.57. The third-order valence-corrected chi connectivity index (χ3v) is 6.63. The number of ketones is 1. The molecule has 36 heavy (non-hydrogen) atoms. The number of hydrogen-bond donors (Lipinski definition) is 5.